The summed E-state index contributed by atoms with van der Waals surface area (Å²) in [5.74, 6) is 0. The van der Waals surface area contributed by atoms with Crippen LogP contribution in [0.25, 0.3) is 0 Å². The molecule has 1 aromatic rings. The first-order valence-corrected chi connectivity index (χ1v) is 7.76. The first kappa shape index (κ1) is 14.8. The SMILES string of the molecule is CC(N)Cc1ccc(N2CCN(C)C(C)C2)cc1Br. The van der Waals surface area contributed by atoms with Gasteiger partial charge in [-0.1, -0.05) is 22.0 Å². The molecule has 0 saturated carbocycles. The molecule has 0 aliphatic carbocycles. The number of nitrogens with two attached hydrogens (primary N) is 1. The number of halogens is 1. The normalized spacial score (nSPS) is 22.6. The first-order chi connectivity index (χ1) is 8.97. The molecule has 1 aliphatic rings. The van der Waals surface area contributed by atoms with Crippen molar-refractivity contribution in [1.82, 2.24) is 4.90 Å². The van der Waals surface area contributed by atoms with Crippen molar-refractivity contribution in [2.45, 2.75) is 32.4 Å². The molecule has 0 spiro atoms. The summed E-state index contributed by atoms with van der Waals surface area (Å²) in [7, 11) is 2.20. The largest absolute Gasteiger partial charge is 0.369 e. The molecule has 19 heavy (non-hydrogen) atoms. The second kappa shape index (κ2) is 6.25. The van der Waals surface area contributed by atoms with Crippen LogP contribution in [0.15, 0.2) is 22.7 Å². The summed E-state index contributed by atoms with van der Waals surface area (Å²) in [4.78, 5) is 4.88. The monoisotopic (exact) mass is 325 g/mol. The topological polar surface area (TPSA) is 32.5 Å². The van der Waals surface area contributed by atoms with Gasteiger partial charge in [-0.2, -0.15) is 0 Å². The van der Waals surface area contributed by atoms with E-state index in [9.17, 15) is 0 Å². The van der Waals surface area contributed by atoms with Gasteiger partial charge in [0, 0.05) is 41.9 Å². The van der Waals surface area contributed by atoms with Crippen molar-refractivity contribution in [3.05, 3.63) is 28.2 Å². The van der Waals surface area contributed by atoms with Gasteiger partial charge in [-0.3, -0.25) is 0 Å². The second-order valence-corrected chi connectivity index (χ2v) is 6.59. The van der Waals surface area contributed by atoms with Gasteiger partial charge in [0.15, 0.2) is 0 Å². The van der Waals surface area contributed by atoms with Crippen LogP contribution in [-0.4, -0.2) is 43.7 Å². The van der Waals surface area contributed by atoms with Crippen LogP contribution in [0.3, 0.4) is 0 Å². The van der Waals surface area contributed by atoms with E-state index in [1.807, 2.05) is 6.92 Å². The van der Waals surface area contributed by atoms with Crippen LogP contribution < -0.4 is 10.6 Å². The number of piperazine rings is 1. The van der Waals surface area contributed by atoms with E-state index in [-0.39, 0.29) is 6.04 Å². The Bertz CT molecular complexity index is 433. The van der Waals surface area contributed by atoms with E-state index in [0.29, 0.717) is 6.04 Å². The zero-order chi connectivity index (χ0) is 14.0. The van der Waals surface area contributed by atoms with Crippen LogP contribution in [0.5, 0.6) is 0 Å². The molecule has 2 unspecified atom stereocenters. The lowest BCUT2D eigenvalue weighted by Crippen LogP contribution is -2.50. The maximum Gasteiger partial charge on any atom is 0.0378 e. The molecule has 2 atom stereocenters. The van der Waals surface area contributed by atoms with Gasteiger partial charge in [-0.05, 0) is 45.0 Å². The minimum Gasteiger partial charge on any atom is -0.369 e. The molecule has 1 saturated heterocycles. The highest BCUT2D eigenvalue weighted by Gasteiger charge is 2.21. The van der Waals surface area contributed by atoms with Gasteiger partial charge in [0.2, 0.25) is 0 Å². The number of anilines is 1. The van der Waals surface area contributed by atoms with Gasteiger partial charge in [0.25, 0.3) is 0 Å². The van der Waals surface area contributed by atoms with Gasteiger partial charge < -0.3 is 15.5 Å². The summed E-state index contributed by atoms with van der Waals surface area (Å²) in [6.07, 6.45) is 0.917. The summed E-state index contributed by atoms with van der Waals surface area (Å²) >= 11 is 3.68. The molecule has 0 aromatic heterocycles. The fourth-order valence-corrected chi connectivity index (χ4v) is 3.06. The number of hydrogen-bond acceptors (Lipinski definition) is 3. The Balaban J connectivity index is 2.11. The van der Waals surface area contributed by atoms with Crippen LogP contribution >= 0.6 is 15.9 Å². The minimum absolute atomic E-state index is 0.200. The zero-order valence-electron chi connectivity index (χ0n) is 12.1. The van der Waals surface area contributed by atoms with Gasteiger partial charge in [0.1, 0.15) is 0 Å². The van der Waals surface area contributed by atoms with Crippen molar-refractivity contribution in [1.29, 1.82) is 0 Å². The Morgan fingerprint density at radius 1 is 1.42 bits per heavy atom. The molecule has 106 valence electrons. The Morgan fingerprint density at radius 2 is 2.16 bits per heavy atom. The maximum atomic E-state index is 5.87. The molecular weight excluding hydrogens is 302 g/mol. The van der Waals surface area contributed by atoms with Crippen LogP contribution in [0, 0.1) is 0 Å². The van der Waals surface area contributed by atoms with E-state index in [1.54, 1.807) is 0 Å². The number of hydrogen-bond donors (Lipinski definition) is 1. The number of likely N-dealkylation sites (N-methyl/N-ethyl adjacent to an activating group) is 1. The van der Waals surface area contributed by atoms with Gasteiger partial charge in [-0.25, -0.2) is 0 Å². The molecule has 1 aliphatic heterocycles. The molecule has 2 rings (SSSR count). The van der Waals surface area contributed by atoms with Crippen LogP contribution in [0.2, 0.25) is 0 Å². The lowest BCUT2D eigenvalue weighted by Gasteiger charge is -2.39. The summed E-state index contributed by atoms with van der Waals surface area (Å²) in [5, 5.41) is 0. The van der Waals surface area contributed by atoms with E-state index in [2.05, 4.69) is 57.9 Å². The minimum atomic E-state index is 0.200. The van der Waals surface area contributed by atoms with Crippen molar-refractivity contribution in [2.75, 3.05) is 31.6 Å². The average molecular weight is 326 g/mol. The Hall–Kier alpha value is -0.580. The second-order valence-electron chi connectivity index (χ2n) is 5.73. The highest BCUT2D eigenvalue weighted by molar-refractivity contribution is 9.10. The molecule has 4 heteroatoms. The molecular formula is C15H24BrN3. The van der Waals surface area contributed by atoms with Crippen molar-refractivity contribution in [2.24, 2.45) is 5.73 Å². The summed E-state index contributed by atoms with van der Waals surface area (Å²) in [5.41, 5.74) is 8.47. The molecule has 2 N–H and O–H groups in total. The quantitative estimate of drug-likeness (QED) is 0.926. The Kier molecular flexibility index (Phi) is 4.87. The Morgan fingerprint density at radius 3 is 2.74 bits per heavy atom. The van der Waals surface area contributed by atoms with E-state index in [1.165, 1.54) is 15.7 Å². The predicted molar refractivity (Wildman–Crippen MR) is 85.8 cm³/mol. The van der Waals surface area contributed by atoms with E-state index >= 15 is 0 Å². The molecule has 0 amide bonds. The number of benzene rings is 1. The van der Waals surface area contributed by atoms with Crippen LogP contribution in [0.4, 0.5) is 5.69 Å². The molecule has 1 aromatic carbocycles. The summed E-state index contributed by atoms with van der Waals surface area (Å²) in [6, 6.07) is 7.46. The molecule has 1 heterocycles. The molecule has 3 nitrogen and oxygen atoms in total. The standard InChI is InChI=1S/C15H24BrN3/c1-11(17)8-13-4-5-14(9-15(13)16)19-7-6-18(3)12(2)10-19/h4-5,9,11-12H,6-8,10,17H2,1-3H3. The third-order valence-electron chi connectivity index (χ3n) is 3.90. The first-order valence-electron chi connectivity index (χ1n) is 6.96. The lowest BCUT2D eigenvalue weighted by molar-refractivity contribution is 0.234. The predicted octanol–water partition coefficient (Wildman–Crippen LogP) is 2.48. The van der Waals surface area contributed by atoms with Gasteiger partial charge in [-0.15, -0.1) is 0 Å². The molecule has 0 bridgehead atoms. The average Bonchev–Trinajstić information content (AvgIpc) is 2.35. The van der Waals surface area contributed by atoms with Gasteiger partial charge in [0.05, 0.1) is 0 Å². The Labute approximate surface area is 124 Å². The summed E-state index contributed by atoms with van der Waals surface area (Å²) in [6.45, 7) is 7.64. The molecule has 1 fully saturated rings. The smallest absolute Gasteiger partial charge is 0.0378 e. The highest BCUT2D eigenvalue weighted by Crippen LogP contribution is 2.26. The third kappa shape index (κ3) is 3.71. The van der Waals surface area contributed by atoms with E-state index in [4.69, 9.17) is 5.73 Å². The third-order valence-corrected chi connectivity index (χ3v) is 4.64. The van der Waals surface area contributed by atoms with Crippen molar-refractivity contribution in [3.8, 4) is 0 Å². The van der Waals surface area contributed by atoms with Gasteiger partial charge >= 0.3 is 0 Å². The number of nitrogens with zero attached hydrogens (tertiary/aromatic N) is 2. The van der Waals surface area contributed by atoms with Crippen LogP contribution in [0.1, 0.15) is 19.4 Å². The van der Waals surface area contributed by atoms with Crippen LogP contribution in [-0.2, 0) is 6.42 Å². The van der Waals surface area contributed by atoms with Crippen molar-refractivity contribution < 1.29 is 0 Å². The lowest BCUT2D eigenvalue weighted by atomic mass is 10.1. The fourth-order valence-electron chi connectivity index (χ4n) is 2.53. The van der Waals surface area contributed by atoms with Crippen molar-refractivity contribution in [3.63, 3.8) is 0 Å². The van der Waals surface area contributed by atoms with Crippen molar-refractivity contribution >= 4 is 21.6 Å². The fraction of sp³-hybridized carbons (Fsp3) is 0.600. The maximum absolute atomic E-state index is 5.87. The number of rotatable bonds is 3. The van der Waals surface area contributed by atoms with E-state index < -0.39 is 0 Å². The zero-order valence-corrected chi connectivity index (χ0v) is 13.7. The summed E-state index contributed by atoms with van der Waals surface area (Å²) < 4.78 is 1.17. The van der Waals surface area contributed by atoms with E-state index in [0.717, 1.165) is 26.1 Å². The highest BCUT2D eigenvalue weighted by atomic mass is 79.9. The molecule has 0 radical (unpaired) electrons.